The number of amides is 1. The van der Waals surface area contributed by atoms with Crippen LogP contribution in [0, 0.1) is 12.8 Å². The number of rotatable bonds is 8. The highest BCUT2D eigenvalue weighted by atomic mass is 16.5. The quantitative estimate of drug-likeness (QED) is 0.278. The molecule has 1 amide bonds. The van der Waals surface area contributed by atoms with E-state index in [4.69, 9.17) is 9.84 Å². The summed E-state index contributed by atoms with van der Waals surface area (Å²) in [6.45, 7) is 7.50. The van der Waals surface area contributed by atoms with Crippen LogP contribution >= 0.6 is 0 Å². The topological polar surface area (TPSA) is 92.7 Å². The van der Waals surface area contributed by atoms with Gasteiger partial charge in [0.1, 0.15) is 5.75 Å². The fourth-order valence-corrected chi connectivity index (χ4v) is 3.12. The standard InChI is InChI=1S/C24H23NO3.C5H10O2/c1-3-7-23(26)25-20-12-10-19(11-13-20)24(27)28-21-14-15-22(17(2)16-21)18-8-5-4-6-9-18;1-3-4(2)5(6)7/h4-6,8-16H,3,7H2,1-2H3,(H,25,26);4H,3H2,1-2H3,(H,6,7). The third-order valence-corrected chi connectivity index (χ3v) is 5.41. The van der Waals surface area contributed by atoms with E-state index in [0.717, 1.165) is 29.5 Å². The molecule has 0 heterocycles. The van der Waals surface area contributed by atoms with Gasteiger partial charge in [0.2, 0.25) is 5.91 Å². The van der Waals surface area contributed by atoms with Gasteiger partial charge in [-0.15, -0.1) is 0 Å². The van der Waals surface area contributed by atoms with Gasteiger partial charge in [-0.3, -0.25) is 9.59 Å². The molecule has 3 aromatic rings. The van der Waals surface area contributed by atoms with Gasteiger partial charge in [0.05, 0.1) is 11.5 Å². The van der Waals surface area contributed by atoms with Gasteiger partial charge >= 0.3 is 11.9 Å². The maximum absolute atomic E-state index is 12.4. The number of carboxylic acids is 1. The van der Waals surface area contributed by atoms with Crippen LogP contribution in [0.3, 0.4) is 0 Å². The van der Waals surface area contributed by atoms with Gasteiger partial charge in [0.15, 0.2) is 0 Å². The molecule has 3 aromatic carbocycles. The Labute approximate surface area is 207 Å². The number of carbonyl (C=O) groups excluding carboxylic acids is 2. The van der Waals surface area contributed by atoms with Gasteiger partial charge in [0.25, 0.3) is 0 Å². The van der Waals surface area contributed by atoms with Crippen LogP contribution in [-0.2, 0) is 9.59 Å². The number of ether oxygens (including phenoxy) is 1. The monoisotopic (exact) mass is 475 g/mol. The Morgan fingerprint density at radius 1 is 0.943 bits per heavy atom. The predicted octanol–water partition coefficient (Wildman–Crippen LogP) is 6.74. The number of anilines is 1. The van der Waals surface area contributed by atoms with E-state index in [1.54, 1.807) is 37.3 Å². The smallest absolute Gasteiger partial charge is 0.343 e. The SMILES string of the molecule is CCC(C)C(=O)O.CCCC(=O)Nc1ccc(C(=O)Oc2ccc(-c3ccccc3)c(C)c2)cc1. The molecule has 6 heteroatoms. The van der Waals surface area contributed by atoms with Crippen LogP contribution in [0.2, 0.25) is 0 Å². The number of carbonyl (C=O) groups is 3. The highest BCUT2D eigenvalue weighted by Gasteiger charge is 2.11. The zero-order valence-corrected chi connectivity index (χ0v) is 20.7. The molecule has 1 unspecified atom stereocenters. The number of benzene rings is 3. The lowest BCUT2D eigenvalue weighted by Gasteiger charge is -2.10. The minimum Gasteiger partial charge on any atom is -0.481 e. The molecular weight excluding hydrogens is 442 g/mol. The third kappa shape index (κ3) is 8.74. The number of esters is 1. The van der Waals surface area contributed by atoms with Crippen molar-refractivity contribution in [3.05, 3.63) is 83.9 Å². The van der Waals surface area contributed by atoms with Crippen LogP contribution in [0.1, 0.15) is 56.0 Å². The number of aryl methyl sites for hydroxylation is 1. The Bertz CT molecular complexity index is 1120. The predicted molar refractivity (Wildman–Crippen MR) is 139 cm³/mol. The summed E-state index contributed by atoms with van der Waals surface area (Å²) in [6.07, 6.45) is 1.98. The van der Waals surface area contributed by atoms with E-state index in [-0.39, 0.29) is 11.8 Å². The Kier molecular flexibility index (Phi) is 10.7. The van der Waals surface area contributed by atoms with Crippen molar-refractivity contribution in [3.63, 3.8) is 0 Å². The lowest BCUT2D eigenvalue weighted by Crippen LogP contribution is -2.11. The summed E-state index contributed by atoms with van der Waals surface area (Å²) in [5.74, 6) is -0.852. The summed E-state index contributed by atoms with van der Waals surface area (Å²) in [4.78, 5) is 34.0. The first kappa shape index (κ1) is 27.3. The first-order valence-electron chi connectivity index (χ1n) is 11.8. The van der Waals surface area contributed by atoms with Gasteiger partial charge < -0.3 is 15.2 Å². The average Bonchev–Trinajstić information content (AvgIpc) is 2.85. The van der Waals surface area contributed by atoms with Crippen molar-refractivity contribution in [2.24, 2.45) is 5.92 Å². The number of hydrogen-bond donors (Lipinski definition) is 2. The maximum Gasteiger partial charge on any atom is 0.343 e. The van der Waals surface area contributed by atoms with Gasteiger partial charge in [0, 0.05) is 12.1 Å². The third-order valence-electron chi connectivity index (χ3n) is 5.41. The van der Waals surface area contributed by atoms with Gasteiger partial charge in [-0.25, -0.2) is 4.79 Å². The fourth-order valence-electron chi connectivity index (χ4n) is 3.12. The zero-order valence-electron chi connectivity index (χ0n) is 20.7. The molecule has 0 aliphatic heterocycles. The van der Waals surface area contributed by atoms with Gasteiger partial charge in [-0.1, -0.05) is 57.2 Å². The lowest BCUT2D eigenvalue weighted by atomic mass is 10.0. The second kappa shape index (κ2) is 13.7. The molecule has 0 aromatic heterocycles. The molecule has 0 aliphatic rings. The first-order valence-corrected chi connectivity index (χ1v) is 11.8. The van der Waals surface area contributed by atoms with E-state index >= 15 is 0 Å². The minimum atomic E-state index is -0.706. The molecule has 0 saturated carbocycles. The molecule has 0 radical (unpaired) electrons. The van der Waals surface area contributed by atoms with E-state index < -0.39 is 11.9 Å². The molecule has 35 heavy (non-hydrogen) atoms. The molecule has 2 N–H and O–H groups in total. The molecular formula is C29H33NO5. The summed E-state index contributed by atoms with van der Waals surface area (Å²) in [6, 6.07) is 22.4. The van der Waals surface area contributed by atoms with Crippen LogP contribution in [0.15, 0.2) is 72.8 Å². The van der Waals surface area contributed by atoms with Crippen molar-refractivity contribution < 1.29 is 24.2 Å². The molecule has 6 nitrogen and oxygen atoms in total. The Morgan fingerprint density at radius 2 is 1.60 bits per heavy atom. The molecule has 184 valence electrons. The van der Waals surface area contributed by atoms with E-state index in [2.05, 4.69) is 17.4 Å². The minimum absolute atomic E-state index is 0.0354. The highest BCUT2D eigenvalue weighted by molar-refractivity contribution is 5.93. The molecule has 1 atom stereocenters. The van der Waals surface area contributed by atoms with Crippen molar-refractivity contribution in [1.29, 1.82) is 0 Å². The maximum atomic E-state index is 12.4. The summed E-state index contributed by atoms with van der Waals surface area (Å²) in [5, 5.41) is 11.0. The van der Waals surface area contributed by atoms with Crippen molar-refractivity contribution in [3.8, 4) is 16.9 Å². The molecule has 3 rings (SSSR count). The van der Waals surface area contributed by atoms with Crippen molar-refractivity contribution in [1.82, 2.24) is 0 Å². The number of carboxylic acid groups (broad SMARTS) is 1. The van der Waals surface area contributed by atoms with E-state index in [1.807, 2.05) is 51.1 Å². The van der Waals surface area contributed by atoms with E-state index in [0.29, 0.717) is 23.4 Å². The molecule has 0 bridgehead atoms. The Hall–Kier alpha value is -3.93. The van der Waals surface area contributed by atoms with Crippen molar-refractivity contribution >= 4 is 23.5 Å². The lowest BCUT2D eigenvalue weighted by molar-refractivity contribution is -0.141. The van der Waals surface area contributed by atoms with E-state index in [9.17, 15) is 14.4 Å². The second-order valence-corrected chi connectivity index (χ2v) is 8.26. The molecule has 0 fully saturated rings. The average molecular weight is 476 g/mol. The number of nitrogens with one attached hydrogen (secondary N) is 1. The summed E-state index contributed by atoms with van der Waals surface area (Å²) < 4.78 is 5.51. The normalized spacial score (nSPS) is 11.0. The van der Waals surface area contributed by atoms with Crippen LogP contribution in [0.4, 0.5) is 5.69 Å². The largest absolute Gasteiger partial charge is 0.481 e. The molecule has 0 spiro atoms. The zero-order chi connectivity index (χ0) is 25.8. The van der Waals surface area contributed by atoms with Crippen LogP contribution in [-0.4, -0.2) is 23.0 Å². The highest BCUT2D eigenvalue weighted by Crippen LogP contribution is 2.27. The van der Waals surface area contributed by atoms with Crippen molar-refractivity contribution in [2.45, 2.75) is 47.0 Å². The second-order valence-electron chi connectivity index (χ2n) is 8.26. The van der Waals surface area contributed by atoms with Gasteiger partial charge in [-0.05, 0) is 72.9 Å². The van der Waals surface area contributed by atoms with Crippen LogP contribution < -0.4 is 10.1 Å². The first-order chi connectivity index (χ1) is 16.7. The molecule has 0 aliphatic carbocycles. The Morgan fingerprint density at radius 3 is 2.11 bits per heavy atom. The number of hydrogen-bond acceptors (Lipinski definition) is 4. The van der Waals surface area contributed by atoms with Gasteiger partial charge in [-0.2, -0.15) is 0 Å². The summed E-state index contributed by atoms with van der Waals surface area (Å²) in [5.41, 5.74) is 4.35. The fraction of sp³-hybridized carbons (Fsp3) is 0.276. The van der Waals surface area contributed by atoms with E-state index in [1.165, 1.54) is 0 Å². The van der Waals surface area contributed by atoms with Crippen LogP contribution in [0.5, 0.6) is 5.75 Å². The van der Waals surface area contributed by atoms with Crippen LogP contribution in [0.25, 0.3) is 11.1 Å². The molecule has 0 saturated heterocycles. The summed E-state index contributed by atoms with van der Waals surface area (Å²) in [7, 11) is 0. The van der Waals surface area contributed by atoms with Crippen molar-refractivity contribution in [2.75, 3.05) is 5.32 Å². The Balaban J connectivity index is 0.000000540. The summed E-state index contributed by atoms with van der Waals surface area (Å²) >= 11 is 0. The number of aliphatic carboxylic acids is 1.